The largest absolute Gasteiger partial charge is 0.398 e. The third-order valence-electron chi connectivity index (χ3n) is 1.91. The van der Waals surface area contributed by atoms with Crippen molar-refractivity contribution in [3.63, 3.8) is 0 Å². The van der Waals surface area contributed by atoms with Crippen molar-refractivity contribution in [2.45, 2.75) is 26.2 Å². The van der Waals surface area contributed by atoms with Gasteiger partial charge < -0.3 is 5.73 Å². The molecule has 0 amide bonds. The van der Waals surface area contributed by atoms with Gasteiger partial charge in [0, 0.05) is 10.2 Å². The van der Waals surface area contributed by atoms with Crippen molar-refractivity contribution in [1.82, 2.24) is 0 Å². The van der Waals surface area contributed by atoms with Gasteiger partial charge in [-0.05, 0) is 30.5 Å². The average molecular weight is 228 g/mol. The lowest BCUT2D eigenvalue weighted by Gasteiger charge is -2.04. The maximum absolute atomic E-state index is 5.83. The number of anilines is 1. The summed E-state index contributed by atoms with van der Waals surface area (Å²) in [6, 6.07) is 6.10. The molecule has 0 bridgehead atoms. The average Bonchev–Trinajstić information content (AvgIpc) is 2.03. The Labute approximate surface area is 82.1 Å². The zero-order valence-electron chi connectivity index (χ0n) is 7.31. The number of nitrogen functional groups attached to an aromatic ring is 1. The van der Waals surface area contributed by atoms with Crippen LogP contribution in [0.1, 0.15) is 25.3 Å². The maximum atomic E-state index is 5.83. The van der Waals surface area contributed by atoms with Crippen LogP contribution in [0.2, 0.25) is 0 Å². The molecule has 0 atom stereocenters. The molecule has 0 aliphatic carbocycles. The number of unbranched alkanes of at least 4 members (excludes halogenated alkanes) is 1. The fraction of sp³-hybridized carbons (Fsp3) is 0.400. The monoisotopic (exact) mass is 227 g/mol. The van der Waals surface area contributed by atoms with Crippen molar-refractivity contribution in [1.29, 1.82) is 0 Å². The maximum Gasteiger partial charge on any atom is 0.0357 e. The number of hydrogen-bond donors (Lipinski definition) is 1. The zero-order valence-corrected chi connectivity index (χ0v) is 8.89. The number of hydrogen-bond acceptors (Lipinski definition) is 1. The molecule has 2 N–H and O–H groups in total. The van der Waals surface area contributed by atoms with Crippen molar-refractivity contribution in [3.05, 3.63) is 28.2 Å². The summed E-state index contributed by atoms with van der Waals surface area (Å²) in [6.45, 7) is 2.19. The predicted molar refractivity (Wildman–Crippen MR) is 57.2 cm³/mol. The van der Waals surface area contributed by atoms with Gasteiger partial charge in [-0.1, -0.05) is 35.3 Å². The lowest BCUT2D eigenvalue weighted by Crippen LogP contribution is -1.93. The van der Waals surface area contributed by atoms with Crippen molar-refractivity contribution in [3.8, 4) is 0 Å². The highest BCUT2D eigenvalue weighted by molar-refractivity contribution is 9.10. The number of halogens is 1. The number of nitrogens with two attached hydrogens (primary N) is 1. The van der Waals surface area contributed by atoms with Crippen molar-refractivity contribution < 1.29 is 0 Å². The van der Waals surface area contributed by atoms with E-state index in [1.165, 1.54) is 18.4 Å². The predicted octanol–water partition coefficient (Wildman–Crippen LogP) is 3.37. The molecule has 66 valence electrons. The molecule has 0 aliphatic rings. The standard InChI is InChI=1S/C10H14BrN/c1-2-3-4-8-5-6-9(11)7-10(8)12/h5-7H,2-4,12H2,1H3. The summed E-state index contributed by atoms with van der Waals surface area (Å²) < 4.78 is 1.06. The second-order valence-electron chi connectivity index (χ2n) is 2.95. The summed E-state index contributed by atoms with van der Waals surface area (Å²) in [6.07, 6.45) is 3.52. The van der Waals surface area contributed by atoms with Crippen LogP contribution in [-0.2, 0) is 6.42 Å². The summed E-state index contributed by atoms with van der Waals surface area (Å²) in [7, 11) is 0. The summed E-state index contributed by atoms with van der Waals surface area (Å²) in [5.74, 6) is 0. The lowest BCUT2D eigenvalue weighted by atomic mass is 10.1. The molecule has 1 rings (SSSR count). The quantitative estimate of drug-likeness (QED) is 0.788. The van der Waals surface area contributed by atoms with Gasteiger partial charge >= 0.3 is 0 Å². The molecular formula is C10H14BrN. The third-order valence-corrected chi connectivity index (χ3v) is 2.40. The van der Waals surface area contributed by atoms with Crippen LogP contribution in [-0.4, -0.2) is 0 Å². The molecular weight excluding hydrogens is 214 g/mol. The fourth-order valence-corrected chi connectivity index (χ4v) is 1.54. The zero-order chi connectivity index (χ0) is 8.97. The van der Waals surface area contributed by atoms with Crippen molar-refractivity contribution in [2.75, 3.05) is 5.73 Å². The molecule has 0 heterocycles. The van der Waals surface area contributed by atoms with E-state index in [9.17, 15) is 0 Å². The van der Waals surface area contributed by atoms with Gasteiger partial charge in [-0.25, -0.2) is 0 Å². The Balaban J connectivity index is 2.72. The van der Waals surface area contributed by atoms with Crippen LogP contribution < -0.4 is 5.73 Å². The second kappa shape index (κ2) is 4.51. The van der Waals surface area contributed by atoms with Gasteiger partial charge in [0.15, 0.2) is 0 Å². The number of aryl methyl sites for hydroxylation is 1. The Bertz CT molecular complexity index is 258. The van der Waals surface area contributed by atoms with Crippen LogP contribution in [0.4, 0.5) is 5.69 Å². The minimum Gasteiger partial charge on any atom is -0.398 e. The van der Waals surface area contributed by atoms with Crippen molar-refractivity contribution in [2.24, 2.45) is 0 Å². The SMILES string of the molecule is CCCCc1ccc(Br)cc1N. The van der Waals surface area contributed by atoms with Crippen LogP contribution in [0.5, 0.6) is 0 Å². The van der Waals surface area contributed by atoms with E-state index >= 15 is 0 Å². The normalized spacial score (nSPS) is 10.2. The summed E-state index contributed by atoms with van der Waals surface area (Å²) >= 11 is 3.38. The van der Waals surface area contributed by atoms with E-state index < -0.39 is 0 Å². The highest BCUT2D eigenvalue weighted by Crippen LogP contribution is 2.19. The molecule has 0 spiro atoms. The molecule has 1 aromatic carbocycles. The molecule has 0 saturated carbocycles. The van der Waals surface area contributed by atoms with Crippen molar-refractivity contribution >= 4 is 21.6 Å². The molecule has 0 fully saturated rings. The van der Waals surface area contributed by atoms with Crippen LogP contribution in [0.15, 0.2) is 22.7 Å². The lowest BCUT2D eigenvalue weighted by molar-refractivity contribution is 0.796. The first-order valence-corrected chi connectivity index (χ1v) is 5.07. The van der Waals surface area contributed by atoms with Gasteiger partial charge in [-0.2, -0.15) is 0 Å². The Hall–Kier alpha value is -0.500. The minimum atomic E-state index is 0.901. The van der Waals surface area contributed by atoms with Gasteiger partial charge in [0.2, 0.25) is 0 Å². The van der Waals surface area contributed by atoms with E-state index in [1.807, 2.05) is 12.1 Å². The molecule has 0 aliphatic heterocycles. The second-order valence-corrected chi connectivity index (χ2v) is 3.86. The smallest absolute Gasteiger partial charge is 0.0357 e. The van der Waals surface area contributed by atoms with E-state index in [0.717, 1.165) is 16.6 Å². The first-order valence-electron chi connectivity index (χ1n) is 4.28. The third kappa shape index (κ3) is 2.52. The first kappa shape index (κ1) is 9.59. The topological polar surface area (TPSA) is 26.0 Å². The van der Waals surface area contributed by atoms with Gasteiger partial charge in [0.1, 0.15) is 0 Å². The Kier molecular flexibility index (Phi) is 3.60. The van der Waals surface area contributed by atoms with Crippen LogP contribution >= 0.6 is 15.9 Å². The van der Waals surface area contributed by atoms with Crippen LogP contribution in [0, 0.1) is 0 Å². The molecule has 0 unspecified atom stereocenters. The molecule has 12 heavy (non-hydrogen) atoms. The fourth-order valence-electron chi connectivity index (χ4n) is 1.16. The molecule has 0 aromatic heterocycles. The van der Waals surface area contributed by atoms with E-state index in [-0.39, 0.29) is 0 Å². The van der Waals surface area contributed by atoms with E-state index in [0.29, 0.717) is 0 Å². The summed E-state index contributed by atoms with van der Waals surface area (Å²) in [4.78, 5) is 0. The number of rotatable bonds is 3. The molecule has 1 aromatic rings. The highest BCUT2D eigenvalue weighted by atomic mass is 79.9. The Morgan fingerprint density at radius 3 is 2.75 bits per heavy atom. The van der Waals surface area contributed by atoms with Gasteiger partial charge in [0.05, 0.1) is 0 Å². The molecule has 0 radical (unpaired) electrons. The summed E-state index contributed by atoms with van der Waals surface area (Å²) in [5, 5.41) is 0. The highest BCUT2D eigenvalue weighted by Gasteiger charge is 1.98. The van der Waals surface area contributed by atoms with Gasteiger partial charge in [-0.15, -0.1) is 0 Å². The van der Waals surface area contributed by atoms with Gasteiger partial charge in [-0.3, -0.25) is 0 Å². The number of benzene rings is 1. The molecule has 0 saturated heterocycles. The minimum absolute atomic E-state index is 0.901. The molecule has 2 heteroatoms. The van der Waals surface area contributed by atoms with Crippen LogP contribution in [0.3, 0.4) is 0 Å². The van der Waals surface area contributed by atoms with E-state index in [2.05, 4.69) is 28.9 Å². The van der Waals surface area contributed by atoms with Crippen LogP contribution in [0.25, 0.3) is 0 Å². The van der Waals surface area contributed by atoms with E-state index in [1.54, 1.807) is 0 Å². The molecule has 1 nitrogen and oxygen atoms in total. The van der Waals surface area contributed by atoms with Gasteiger partial charge in [0.25, 0.3) is 0 Å². The summed E-state index contributed by atoms with van der Waals surface area (Å²) in [5.41, 5.74) is 8.00. The Morgan fingerprint density at radius 2 is 2.17 bits per heavy atom. The first-order chi connectivity index (χ1) is 5.74. The van der Waals surface area contributed by atoms with E-state index in [4.69, 9.17) is 5.73 Å². The Morgan fingerprint density at radius 1 is 1.42 bits per heavy atom.